The summed E-state index contributed by atoms with van der Waals surface area (Å²) in [6.45, 7) is 9.30. The number of aryl methyl sites for hydroxylation is 1. The molecule has 0 radical (unpaired) electrons. The molecule has 1 nitrogen and oxygen atoms in total. The fraction of sp³-hybridized carbons (Fsp3) is 0.625. The maximum Gasteiger partial charge on any atom is 0.0489 e. The van der Waals surface area contributed by atoms with Crippen LogP contribution in [-0.4, -0.2) is 6.04 Å². The molecule has 0 aliphatic heterocycles. The number of anilines is 1. The third-order valence-corrected chi connectivity index (χ3v) is 4.85. The van der Waals surface area contributed by atoms with E-state index in [-0.39, 0.29) is 0 Å². The fourth-order valence-corrected chi connectivity index (χ4v) is 3.47. The molecule has 1 saturated carbocycles. The van der Waals surface area contributed by atoms with E-state index in [2.05, 4.69) is 67.1 Å². The van der Waals surface area contributed by atoms with Gasteiger partial charge in [-0.2, -0.15) is 0 Å². The summed E-state index contributed by atoms with van der Waals surface area (Å²) in [6, 6.07) is 7.12. The molecule has 0 spiro atoms. The highest BCUT2D eigenvalue weighted by Crippen LogP contribution is 2.40. The van der Waals surface area contributed by atoms with Gasteiger partial charge in [-0.05, 0) is 71.1 Å². The lowest BCUT2D eigenvalue weighted by Crippen LogP contribution is -2.36. The largest absolute Gasteiger partial charge is 0.381 e. The summed E-state index contributed by atoms with van der Waals surface area (Å²) in [6.07, 6.45) is 3.90. The van der Waals surface area contributed by atoms with Gasteiger partial charge in [0, 0.05) is 16.2 Å². The maximum absolute atomic E-state index is 3.73. The molecule has 1 aliphatic rings. The van der Waals surface area contributed by atoms with Gasteiger partial charge >= 0.3 is 0 Å². The van der Waals surface area contributed by atoms with E-state index in [1.165, 1.54) is 35.0 Å². The zero-order valence-corrected chi connectivity index (χ0v) is 13.5. The van der Waals surface area contributed by atoms with Gasteiger partial charge in [0.15, 0.2) is 0 Å². The molecular weight excluding hydrogens is 286 g/mol. The van der Waals surface area contributed by atoms with E-state index in [1.54, 1.807) is 0 Å². The van der Waals surface area contributed by atoms with Crippen molar-refractivity contribution in [1.29, 1.82) is 0 Å². The van der Waals surface area contributed by atoms with E-state index in [0.29, 0.717) is 11.5 Å². The van der Waals surface area contributed by atoms with Gasteiger partial charge in [-0.15, -0.1) is 0 Å². The minimum absolute atomic E-state index is 0.515. The molecule has 1 aromatic carbocycles. The zero-order valence-electron chi connectivity index (χ0n) is 11.9. The highest BCUT2D eigenvalue weighted by atomic mass is 79.9. The molecule has 0 bridgehead atoms. The number of halogens is 1. The standard InChI is InChI=1S/C16H24BrN/c1-11-5-6-13(17)15(9-11)18-14-7-8-16(3,4)10-12(14)2/h5-6,9,12,14,18H,7-8,10H2,1-4H3. The third kappa shape index (κ3) is 3.28. The van der Waals surface area contributed by atoms with E-state index >= 15 is 0 Å². The third-order valence-electron chi connectivity index (χ3n) is 4.16. The second kappa shape index (κ2) is 5.24. The smallest absolute Gasteiger partial charge is 0.0489 e. The van der Waals surface area contributed by atoms with Crippen molar-refractivity contribution in [2.45, 2.75) is 53.0 Å². The molecule has 18 heavy (non-hydrogen) atoms. The van der Waals surface area contributed by atoms with E-state index in [4.69, 9.17) is 0 Å². The summed E-state index contributed by atoms with van der Waals surface area (Å²) in [7, 11) is 0. The first kappa shape index (κ1) is 13.9. The van der Waals surface area contributed by atoms with Crippen molar-refractivity contribution >= 4 is 21.6 Å². The van der Waals surface area contributed by atoms with Crippen LogP contribution >= 0.6 is 15.9 Å². The van der Waals surface area contributed by atoms with Gasteiger partial charge in [-0.25, -0.2) is 0 Å². The van der Waals surface area contributed by atoms with Gasteiger partial charge in [-0.1, -0.05) is 26.8 Å². The molecule has 0 saturated heterocycles. The predicted octanol–water partition coefficient (Wildman–Crippen LogP) is 5.38. The molecule has 1 fully saturated rings. The topological polar surface area (TPSA) is 12.0 Å². The van der Waals surface area contributed by atoms with E-state index in [0.717, 1.165) is 5.92 Å². The predicted molar refractivity (Wildman–Crippen MR) is 83.1 cm³/mol. The molecule has 0 amide bonds. The SMILES string of the molecule is Cc1ccc(Br)c(NC2CCC(C)(C)CC2C)c1. The Morgan fingerprint density at radius 3 is 2.72 bits per heavy atom. The Balaban J connectivity index is 2.08. The van der Waals surface area contributed by atoms with Crippen molar-refractivity contribution in [1.82, 2.24) is 0 Å². The lowest BCUT2D eigenvalue weighted by molar-refractivity contribution is 0.177. The van der Waals surface area contributed by atoms with Crippen LogP contribution in [0.1, 0.15) is 45.6 Å². The van der Waals surface area contributed by atoms with Crippen LogP contribution in [0.15, 0.2) is 22.7 Å². The van der Waals surface area contributed by atoms with E-state index in [9.17, 15) is 0 Å². The minimum Gasteiger partial charge on any atom is -0.381 e. The van der Waals surface area contributed by atoms with Crippen molar-refractivity contribution in [3.8, 4) is 0 Å². The van der Waals surface area contributed by atoms with Gasteiger partial charge in [-0.3, -0.25) is 0 Å². The van der Waals surface area contributed by atoms with Crippen molar-refractivity contribution in [2.75, 3.05) is 5.32 Å². The summed E-state index contributed by atoms with van der Waals surface area (Å²) >= 11 is 3.64. The molecule has 2 unspecified atom stereocenters. The molecule has 2 heteroatoms. The van der Waals surface area contributed by atoms with E-state index in [1.807, 2.05) is 0 Å². The molecule has 1 aromatic rings. The summed E-state index contributed by atoms with van der Waals surface area (Å²) in [5.74, 6) is 0.737. The average Bonchev–Trinajstić information content (AvgIpc) is 2.26. The summed E-state index contributed by atoms with van der Waals surface area (Å²) in [5, 5.41) is 3.73. The average molecular weight is 310 g/mol. The van der Waals surface area contributed by atoms with Gasteiger partial charge in [0.2, 0.25) is 0 Å². The summed E-state index contributed by atoms with van der Waals surface area (Å²) < 4.78 is 1.17. The maximum atomic E-state index is 3.73. The van der Waals surface area contributed by atoms with Crippen LogP contribution in [0.3, 0.4) is 0 Å². The van der Waals surface area contributed by atoms with Crippen LogP contribution in [0.4, 0.5) is 5.69 Å². The Kier molecular flexibility index (Phi) is 4.05. The van der Waals surface area contributed by atoms with Crippen molar-refractivity contribution in [3.05, 3.63) is 28.2 Å². The Labute approximate surface area is 119 Å². The lowest BCUT2D eigenvalue weighted by Gasteiger charge is -2.40. The monoisotopic (exact) mass is 309 g/mol. The molecule has 0 aromatic heterocycles. The van der Waals surface area contributed by atoms with E-state index < -0.39 is 0 Å². The first-order chi connectivity index (χ1) is 8.37. The lowest BCUT2D eigenvalue weighted by atomic mass is 9.70. The quantitative estimate of drug-likeness (QED) is 0.773. The van der Waals surface area contributed by atoms with Gasteiger partial charge in [0.05, 0.1) is 0 Å². The number of hydrogen-bond acceptors (Lipinski definition) is 1. The van der Waals surface area contributed by atoms with Gasteiger partial charge in [0.25, 0.3) is 0 Å². The van der Waals surface area contributed by atoms with Crippen LogP contribution in [0.5, 0.6) is 0 Å². The van der Waals surface area contributed by atoms with Crippen LogP contribution in [0.2, 0.25) is 0 Å². The van der Waals surface area contributed by atoms with Crippen LogP contribution in [0, 0.1) is 18.3 Å². The number of benzene rings is 1. The van der Waals surface area contributed by atoms with Crippen molar-refractivity contribution in [2.24, 2.45) is 11.3 Å². The van der Waals surface area contributed by atoms with Crippen LogP contribution in [-0.2, 0) is 0 Å². The highest BCUT2D eigenvalue weighted by Gasteiger charge is 2.32. The molecule has 0 heterocycles. The minimum atomic E-state index is 0.515. The highest BCUT2D eigenvalue weighted by molar-refractivity contribution is 9.10. The number of rotatable bonds is 2. The summed E-state index contributed by atoms with van der Waals surface area (Å²) in [5.41, 5.74) is 3.07. The number of hydrogen-bond donors (Lipinski definition) is 1. The second-order valence-electron chi connectivity index (χ2n) is 6.62. The fourth-order valence-electron chi connectivity index (χ4n) is 3.11. The molecule has 100 valence electrons. The Morgan fingerprint density at radius 2 is 2.06 bits per heavy atom. The normalized spacial score (nSPS) is 26.9. The van der Waals surface area contributed by atoms with Crippen LogP contribution < -0.4 is 5.32 Å². The molecule has 2 atom stereocenters. The molecule has 2 rings (SSSR count). The number of nitrogens with one attached hydrogen (secondary N) is 1. The van der Waals surface area contributed by atoms with Crippen molar-refractivity contribution < 1.29 is 0 Å². The van der Waals surface area contributed by atoms with Gasteiger partial charge < -0.3 is 5.32 Å². The first-order valence-corrected chi connectivity index (χ1v) is 7.69. The van der Waals surface area contributed by atoms with Crippen LogP contribution in [0.25, 0.3) is 0 Å². The Bertz CT molecular complexity index is 425. The summed E-state index contributed by atoms with van der Waals surface area (Å²) in [4.78, 5) is 0. The van der Waals surface area contributed by atoms with Crippen molar-refractivity contribution in [3.63, 3.8) is 0 Å². The zero-order chi connectivity index (χ0) is 13.3. The Hall–Kier alpha value is -0.500. The Morgan fingerprint density at radius 1 is 1.33 bits per heavy atom. The molecule has 1 N–H and O–H groups in total. The molecule has 1 aliphatic carbocycles. The molecular formula is C16H24BrN. The first-order valence-electron chi connectivity index (χ1n) is 6.90. The van der Waals surface area contributed by atoms with Gasteiger partial charge in [0.1, 0.15) is 0 Å². The second-order valence-corrected chi connectivity index (χ2v) is 7.47.